The Morgan fingerprint density at radius 2 is 2.00 bits per heavy atom. The molecule has 0 aromatic rings. The fraction of sp³-hybridized carbons (Fsp3) is 0.857. The lowest BCUT2D eigenvalue weighted by Gasteiger charge is -2.24. The Morgan fingerprint density at radius 3 is 2.47 bits per heavy atom. The van der Waals surface area contributed by atoms with Crippen molar-refractivity contribution < 1.29 is 14.7 Å². The van der Waals surface area contributed by atoms with Gasteiger partial charge in [-0.05, 0) is 43.6 Å². The summed E-state index contributed by atoms with van der Waals surface area (Å²) in [4.78, 5) is 22.6. The van der Waals surface area contributed by atoms with Crippen molar-refractivity contribution in [3.8, 4) is 0 Å². The first-order chi connectivity index (χ1) is 8.84. The molecule has 0 radical (unpaired) electrons. The van der Waals surface area contributed by atoms with Crippen LogP contribution in [0.5, 0.6) is 0 Å². The molecule has 1 amide bonds. The van der Waals surface area contributed by atoms with Gasteiger partial charge in [0, 0.05) is 12.5 Å². The summed E-state index contributed by atoms with van der Waals surface area (Å²) < 4.78 is 0. The Balaban J connectivity index is 2.34. The highest BCUT2D eigenvalue weighted by molar-refractivity contribution is 5.77. The van der Waals surface area contributed by atoms with Gasteiger partial charge in [-0.25, -0.2) is 0 Å². The quantitative estimate of drug-likeness (QED) is 0.592. The summed E-state index contributed by atoms with van der Waals surface area (Å²) in [5.41, 5.74) is 5.60. The molecule has 1 unspecified atom stereocenters. The standard InChI is InChI=1S/C14H26N2O3/c1-14(2,7-8-15)6-5-12(17)16-11(9-13(18)19)10-3-4-10/h10-11H,3-9,15H2,1-2H3,(H,16,17)(H,18,19). The number of rotatable bonds is 9. The monoisotopic (exact) mass is 270 g/mol. The number of hydrogen-bond acceptors (Lipinski definition) is 3. The molecule has 5 heteroatoms. The first-order valence-electron chi connectivity index (χ1n) is 7.05. The van der Waals surface area contributed by atoms with Gasteiger partial charge in [-0.1, -0.05) is 13.8 Å². The van der Waals surface area contributed by atoms with E-state index in [2.05, 4.69) is 19.2 Å². The lowest BCUT2D eigenvalue weighted by atomic mass is 9.84. The van der Waals surface area contributed by atoms with Crippen LogP contribution in [0.1, 0.15) is 52.4 Å². The van der Waals surface area contributed by atoms with Gasteiger partial charge in [-0.3, -0.25) is 9.59 Å². The molecule has 1 saturated carbocycles. The Bertz CT molecular complexity index is 325. The summed E-state index contributed by atoms with van der Waals surface area (Å²) in [6.45, 7) is 4.82. The van der Waals surface area contributed by atoms with E-state index in [0.717, 1.165) is 25.7 Å². The van der Waals surface area contributed by atoms with Crippen LogP contribution < -0.4 is 11.1 Å². The highest BCUT2D eigenvalue weighted by Crippen LogP contribution is 2.34. The molecule has 1 rings (SSSR count). The number of carboxylic acids is 1. The minimum atomic E-state index is -0.847. The van der Waals surface area contributed by atoms with Gasteiger partial charge >= 0.3 is 5.97 Å². The zero-order valence-corrected chi connectivity index (χ0v) is 11.9. The van der Waals surface area contributed by atoms with Crippen molar-refractivity contribution in [3.63, 3.8) is 0 Å². The third-order valence-electron chi connectivity index (χ3n) is 3.78. The largest absolute Gasteiger partial charge is 0.481 e. The number of nitrogens with two attached hydrogens (primary N) is 1. The number of carbonyl (C=O) groups is 2. The minimum Gasteiger partial charge on any atom is -0.481 e. The van der Waals surface area contributed by atoms with Crippen molar-refractivity contribution in [2.24, 2.45) is 17.1 Å². The fourth-order valence-electron chi connectivity index (χ4n) is 2.27. The van der Waals surface area contributed by atoms with Crippen molar-refractivity contribution >= 4 is 11.9 Å². The van der Waals surface area contributed by atoms with Crippen molar-refractivity contribution in [1.82, 2.24) is 5.32 Å². The van der Waals surface area contributed by atoms with Gasteiger partial charge in [-0.15, -0.1) is 0 Å². The summed E-state index contributed by atoms with van der Waals surface area (Å²) in [5, 5.41) is 11.7. The average Bonchev–Trinajstić information content (AvgIpc) is 3.08. The van der Waals surface area contributed by atoms with Crippen LogP contribution in [0, 0.1) is 11.3 Å². The predicted molar refractivity (Wildman–Crippen MR) is 73.6 cm³/mol. The second-order valence-corrected chi connectivity index (χ2v) is 6.31. The first-order valence-corrected chi connectivity index (χ1v) is 7.05. The van der Waals surface area contributed by atoms with Crippen LogP contribution in [0.15, 0.2) is 0 Å². The van der Waals surface area contributed by atoms with Gasteiger partial charge in [0.15, 0.2) is 0 Å². The maximum Gasteiger partial charge on any atom is 0.305 e. The molecule has 1 atom stereocenters. The molecule has 5 nitrogen and oxygen atoms in total. The number of nitrogens with one attached hydrogen (secondary N) is 1. The Kier molecular flexibility index (Phi) is 5.79. The molecule has 0 heterocycles. The Hall–Kier alpha value is -1.10. The summed E-state index contributed by atoms with van der Waals surface area (Å²) in [7, 11) is 0. The lowest BCUT2D eigenvalue weighted by molar-refractivity contribution is -0.137. The molecule has 1 aliphatic rings. The molecular formula is C14H26N2O3. The molecule has 4 N–H and O–H groups in total. The molecular weight excluding hydrogens is 244 g/mol. The molecule has 110 valence electrons. The van der Waals surface area contributed by atoms with E-state index in [4.69, 9.17) is 10.8 Å². The predicted octanol–water partition coefficient (Wildman–Crippen LogP) is 1.51. The molecule has 19 heavy (non-hydrogen) atoms. The average molecular weight is 270 g/mol. The van der Waals surface area contributed by atoms with Crippen molar-refractivity contribution in [2.45, 2.75) is 58.4 Å². The third-order valence-corrected chi connectivity index (χ3v) is 3.78. The molecule has 1 fully saturated rings. The van der Waals surface area contributed by atoms with Gasteiger partial charge in [-0.2, -0.15) is 0 Å². The number of amides is 1. The Morgan fingerprint density at radius 1 is 1.37 bits per heavy atom. The van der Waals surface area contributed by atoms with E-state index in [1.165, 1.54) is 0 Å². The molecule has 0 aromatic carbocycles. The number of hydrogen-bond donors (Lipinski definition) is 3. The van der Waals surface area contributed by atoms with Crippen LogP contribution in [0.25, 0.3) is 0 Å². The van der Waals surface area contributed by atoms with Gasteiger partial charge in [0.05, 0.1) is 6.42 Å². The molecule has 0 bridgehead atoms. The number of carboxylic acid groups (broad SMARTS) is 1. The zero-order chi connectivity index (χ0) is 14.5. The van der Waals surface area contributed by atoms with Crippen LogP contribution in [-0.2, 0) is 9.59 Å². The van der Waals surface area contributed by atoms with Crippen LogP contribution in [0.3, 0.4) is 0 Å². The van der Waals surface area contributed by atoms with E-state index < -0.39 is 5.97 Å². The smallest absolute Gasteiger partial charge is 0.305 e. The van der Waals surface area contributed by atoms with Gasteiger partial charge in [0.1, 0.15) is 0 Å². The van der Waals surface area contributed by atoms with E-state index in [0.29, 0.717) is 18.9 Å². The zero-order valence-electron chi connectivity index (χ0n) is 11.9. The summed E-state index contributed by atoms with van der Waals surface area (Å²) in [5.74, 6) is -0.527. The number of aliphatic carboxylic acids is 1. The Labute approximate surface area is 114 Å². The third kappa shape index (κ3) is 6.57. The van der Waals surface area contributed by atoms with E-state index in [1.807, 2.05) is 0 Å². The molecule has 1 aliphatic carbocycles. The molecule has 0 spiro atoms. The number of carbonyl (C=O) groups excluding carboxylic acids is 1. The maximum absolute atomic E-state index is 11.9. The van der Waals surface area contributed by atoms with E-state index in [1.54, 1.807) is 0 Å². The van der Waals surface area contributed by atoms with Crippen LogP contribution in [0.4, 0.5) is 0 Å². The van der Waals surface area contributed by atoms with E-state index >= 15 is 0 Å². The maximum atomic E-state index is 11.9. The minimum absolute atomic E-state index is 0.0304. The summed E-state index contributed by atoms with van der Waals surface area (Å²) in [6.07, 6.45) is 4.19. The highest BCUT2D eigenvalue weighted by atomic mass is 16.4. The highest BCUT2D eigenvalue weighted by Gasteiger charge is 2.33. The summed E-state index contributed by atoms with van der Waals surface area (Å²) in [6, 6.07) is -0.192. The second-order valence-electron chi connectivity index (χ2n) is 6.31. The second kappa shape index (κ2) is 6.89. The van der Waals surface area contributed by atoms with Crippen LogP contribution >= 0.6 is 0 Å². The first kappa shape index (κ1) is 16.0. The fourth-order valence-corrected chi connectivity index (χ4v) is 2.27. The van der Waals surface area contributed by atoms with Crippen molar-refractivity contribution in [2.75, 3.05) is 6.54 Å². The van der Waals surface area contributed by atoms with Gasteiger partial charge < -0.3 is 16.2 Å². The van der Waals surface area contributed by atoms with E-state index in [-0.39, 0.29) is 23.8 Å². The van der Waals surface area contributed by atoms with Crippen molar-refractivity contribution in [3.05, 3.63) is 0 Å². The van der Waals surface area contributed by atoms with Gasteiger partial charge in [0.25, 0.3) is 0 Å². The molecule has 0 aliphatic heterocycles. The molecule has 0 aromatic heterocycles. The van der Waals surface area contributed by atoms with E-state index in [9.17, 15) is 9.59 Å². The summed E-state index contributed by atoms with van der Waals surface area (Å²) >= 11 is 0. The lowest BCUT2D eigenvalue weighted by Crippen LogP contribution is -2.38. The van der Waals surface area contributed by atoms with Crippen LogP contribution in [0.2, 0.25) is 0 Å². The normalized spacial score (nSPS) is 17.0. The molecule has 0 saturated heterocycles. The topological polar surface area (TPSA) is 92.4 Å². The van der Waals surface area contributed by atoms with Crippen molar-refractivity contribution in [1.29, 1.82) is 0 Å². The van der Waals surface area contributed by atoms with Gasteiger partial charge in [0.2, 0.25) is 5.91 Å². The van der Waals surface area contributed by atoms with Crippen LogP contribution in [-0.4, -0.2) is 29.6 Å². The SMILES string of the molecule is CC(C)(CCN)CCC(=O)NC(CC(=O)O)C1CC1.